The number of carbonyl (C=O) groups is 2. The largest absolute Gasteiger partial charge is 0.462 e. The third kappa shape index (κ3) is 3.79. The third-order valence-electron chi connectivity index (χ3n) is 2.64. The van der Waals surface area contributed by atoms with Crippen molar-refractivity contribution < 1.29 is 14.3 Å². The van der Waals surface area contributed by atoms with Crippen molar-refractivity contribution in [2.75, 3.05) is 11.9 Å². The number of rotatable bonds is 5. The van der Waals surface area contributed by atoms with E-state index in [4.69, 9.17) is 4.74 Å². The number of aryl methyl sites for hydroxylation is 1. The predicted octanol–water partition coefficient (Wildman–Crippen LogP) is 3.52. The van der Waals surface area contributed by atoms with E-state index in [1.54, 1.807) is 13.8 Å². The van der Waals surface area contributed by atoms with Gasteiger partial charge in [0.05, 0.1) is 17.0 Å². The monoisotopic (exact) mass is 347 g/mol. The predicted molar refractivity (Wildman–Crippen MR) is 81.4 cm³/mol. The molecule has 1 N–H and O–H groups in total. The average Bonchev–Trinajstić information content (AvgIpc) is 2.65. The molecule has 0 aliphatic rings. The molecule has 0 aliphatic heterocycles. The minimum atomic E-state index is -0.374. The maximum Gasteiger partial charge on any atom is 0.341 e. The van der Waals surface area contributed by atoms with E-state index in [0.29, 0.717) is 17.2 Å². The molecule has 0 aliphatic carbocycles. The Kier molecular flexibility index (Phi) is 6.00. The lowest BCUT2D eigenvalue weighted by molar-refractivity contribution is -0.115. The summed E-state index contributed by atoms with van der Waals surface area (Å²) in [4.78, 5) is 24.5. The van der Waals surface area contributed by atoms with Gasteiger partial charge in [-0.1, -0.05) is 22.9 Å². The minimum Gasteiger partial charge on any atom is -0.462 e. The molecule has 1 aromatic rings. The topological polar surface area (TPSA) is 55.4 Å². The number of alkyl halides is 1. The van der Waals surface area contributed by atoms with E-state index < -0.39 is 0 Å². The fraction of sp³-hybridized carbons (Fsp3) is 0.538. The van der Waals surface area contributed by atoms with E-state index >= 15 is 0 Å². The number of anilines is 1. The standard InChI is InChI=1S/C13H18BrNO3S/c1-5-9-8(4)19-12(15-11(16)7(3)14)10(9)13(17)18-6-2/h7H,5-6H2,1-4H3,(H,15,16). The zero-order valence-electron chi connectivity index (χ0n) is 11.5. The number of hydrogen-bond donors (Lipinski definition) is 1. The highest BCUT2D eigenvalue weighted by Crippen LogP contribution is 2.34. The molecule has 1 rings (SSSR count). The molecule has 1 aromatic heterocycles. The summed E-state index contributed by atoms with van der Waals surface area (Å²) >= 11 is 4.62. The Balaban J connectivity index is 3.16. The molecule has 0 saturated carbocycles. The fourth-order valence-corrected chi connectivity index (χ4v) is 2.97. The van der Waals surface area contributed by atoms with Gasteiger partial charge in [-0.2, -0.15) is 0 Å². The summed E-state index contributed by atoms with van der Waals surface area (Å²) in [5, 5.41) is 3.35. The van der Waals surface area contributed by atoms with Crippen LogP contribution in [0, 0.1) is 6.92 Å². The van der Waals surface area contributed by atoms with Crippen LogP contribution in [0.5, 0.6) is 0 Å². The summed E-state index contributed by atoms with van der Waals surface area (Å²) in [5.41, 5.74) is 1.44. The van der Waals surface area contributed by atoms with Gasteiger partial charge >= 0.3 is 5.97 Å². The maximum absolute atomic E-state index is 12.0. The van der Waals surface area contributed by atoms with E-state index in [-0.39, 0.29) is 16.7 Å². The summed E-state index contributed by atoms with van der Waals surface area (Å²) < 4.78 is 5.07. The first-order chi connectivity index (χ1) is 8.92. The van der Waals surface area contributed by atoms with Crippen LogP contribution in [0.25, 0.3) is 0 Å². The number of halogens is 1. The molecule has 0 spiro atoms. The molecule has 19 heavy (non-hydrogen) atoms. The zero-order valence-corrected chi connectivity index (χ0v) is 13.9. The zero-order chi connectivity index (χ0) is 14.6. The first kappa shape index (κ1) is 16.2. The molecule has 6 heteroatoms. The van der Waals surface area contributed by atoms with Gasteiger partial charge in [0.1, 0.15) is 5.00 Å². The van der Waals surface area contributed by atoms with Crippen molar-refractivity contribution in [3.8, 4) is 0 Å². The first-order valence-corrected chi connectivity index (χ1v) is 7.89. The quantitative estimate of drug-likeness (QED) is 0.654. The molecule has 106 valence electrons. The van der Waals surface area contributed by atoms with Crippen LogP contribution in [0.2, 0.25) is 0 Å². The van der Waals surface area contributed by atoms with Crippen LogP contribution in [-0.4, -0.2) is 23.3 Å². The molecule has 1 amide bonds. The van der Waals surface area contributed by atoms with Crippen molar-refractivity contribution in [3.05, 3.63) is 16.0 Å². The van der Waals surface area contributed by atoms with Crippen LogP contribution < -0.4 is 5.32 Å². The van der Waals surface area contributed by atoms with Gasteiger partial charge < -0.3 is 10.1 Å². The molecule has 4 nitrogen and oxygen atoms in total. The van der Waals surface area contributed by atoms with Crippen molar-refractivity contribution in [2.24, 2.45) is 0 Å². The summed E-state index contributed by atoms with van der Waals surface area (Å²) in [6.07, 6.45) is 0.732. The highest BCUT2D eigenvalue weighted by Gasteiger charge is 2.24. The van der Waals surface area contributed by atoms with Crippen LogP contribution >= 0.6 is 27.3 Å². The van der Waals surface area contributed by atoms with Crippen molar-refractivity contribution in [1.29, 1.82) is 0 Å². The SMILES string of the molecule is CCOC(=O)c1c(NC(=O)C(C)Br)sc(C)c1CC. The Morgan fingerprint density at radius 1 is 1.42 bits per heavy atom. The second kappa shape index (κ2) is 7.05. The Morgan fingerprint density at radius 2 is 2.05 bits per heavy atom. The molecule has 0 fully saturated rings. The number of ether oxygens (including phenoxy) is 1. The van der Waals surface area contributed by atoms with Crippen LogP contribution in [0.1, 0.15) is 41.6 Å². The summed E-state index contributed by atoms with van der Waals surface area (Å²) in [7, 11) is 0. The van der Waals surface area contributed by atoms with Crippen LogP contribution in [0.3, 0.4) is 0 Å². The fourth-order valence-electron chi connectivity index (χ4n) is 1.72. The Hall–Kier alpha value is -0.880. The van der Waals surface area contributed by atoms with Gasteiger partial charge in [-0.15, -0.1) is 11.3 Å². The number of esters is 1. The van der Waals surface area contributed by atoms with Crippen LogP contribution in [0.4, 0.5) is 5.00 Å². The smallest absolute Gasteiger partial charge is 0.341 e. The van der Waals surface area contributed by atoms with E-state index in [0.717, 1.165) is 16.9 Å². The van der Waals surface area contributed by atoms with Crippen molar-refractivity contribution in [3.63, 3.8) is 0 Å². The van der Waals surface area contributed by atoms with Gasteiger partial charge in [-0.05, 0) is 32.8 Å². The summed E-state index contributed by atoms with van der Waals surface area (Å²) in [6, 6.07) is 0. The Labute approximate surface area is 125 Å². The first-order valence-electron chi connectivity index (χ1n) is 6.16. The van der Waals surface area contributed by atoms with E-state index in [2.05, 4.69) is 21.2 Å². The molecular weight excluding hydrogens is 330 g/mol. The van der Waals surface area contributed by atoms with Gasteiger partial charge in [-0.25, -0.2) is 4.79 Å². The van der Waals surface area contributed by atoms with Gasteiger partial charge in [0.25, 0.3) is 0 Å². The average molecular weight is 348 g/mol. The van der Waals surface area contributed by atoms with Crippen molar-refractivity contribution in [1.82, 2.24) is 0 Å². The Bertz CT molecular complexity index is 482. The molecule has 0 radical (unpaired) electrons. The van der Waals surface area contributed by atoms with E-state index in [9.17, 15) is 9.59 Å². The number of thiophene rings is 1. The lowest BCUT2D eigenvalue weighted by Gasteiger charge is -2.08. The number of nitrogens with one attached hydrogen (secondary N) is 1. The van der Waals surface area contributed by atoms with E-state index in [1.165, 1.54) is 11.3 Å². The summed E-state index contributed by atoms with van der Waals surface area (Å²) in [5.74, 6) is -0.546. The van der Waals surface area contributed by atoms with Gasteiger partial charge in [0, 0.05) is 4.88 Å². The number of carbonyl (C=O) groups excluding carboxylic acids is 2. The number of amides is 1. The maximum atomic E-state index is 12.0. The third-order valence-corrected chi connectivity index (χ3v) is 4.12. The molecular formula is C13H18BrNO3S. The normalized spacial score (nSPS) is 12.1. The van der Waals surface area contributed by atoms with E-state index in [1.807, 2.05) is 13.8 Å². The molecule has 0 saturated heterocycles. The van der Waals surface area contributed by atoms with Crippen LogP contribution in [0.15, 0.2) is 0 Å². The summed E-state index contributed by atoms with van der Waals surface area (Å²) in [6.45, 7) is 7.75. The lowest BCUT2D eigenvalue weighted by Crippen LogP contribution is -2.21. The second-order valence-electron chi connectivity index (χ2n) is 4.02. The molecule has 0 bridgehead atoms. The van der Waals surface area contributed by atoms with Crippen LogP contribution in [-0.2, 0) is 16.0 Å². The Morgan fingerprint density at radius 3 is 2.53 bits per heavy atom. The molecule has 1 atom stereocenters. The molecule has 0 aromatic carbocycles. The van der Waals surface area contributed by atoms with Gasteiger partial charge in [0.15, 0.2) is 0 Å². The highest BCUT2D eigenvalue weighted by atomic mass is 79.9. The van der Waals surface area contributed by atoms with Crippen molar-refractivity contribution >= 4 is 44.1 Å². The second-order valence-corrected chi connectivity index (χ2v) is 6.62. The van der Waals surface area contributed by atoms with Crippen molar-refractivity contribution in [2.45, 2.75) is 38.9 Å². The lowest BCUT2D eigenvalue weighted by atomic mass is 10.1. The van der Waals surface area contributed by atoms with Gasteiger partial charge in [0.2, 0.25) is 5.91 Å². The molecule has 1 unspecified atom stereocenters. The molecule has 1 heterocycles. The number of hydrogen-bond acceptors (Lipinski definition) is 4. The van der Waals surface area contributed by atoms with Gasteiger partial charge in [-0.3, -0.25) is 4.79 Å². The minimum absolute atomic E-state index is 0.172. The highest BCUT2D eigenvalue weighted by molar-refractivity contribution is 9.10.